The van der Waals surface area contributed by atoms with Crippen molar-refractivity contribution < 1.29 is 4.79 Å². The zero-order valence-electron chi connectivity index (χ0n) is 7.61. The van der Waals surface area contributed by atoms with Crippen molar-refractivity contribution in [3.05, 3.63) is 15.3 Å². The molecule has 6 nitrogen and oxygen atoms in total. The van der Waals surface area contributed by atoms with Gasteiger partial charge >= 0.3 is 5.69 Å². The molecule has 1 saturated heterocycles. The minimum absolute atomic E-state index is 0.0637. The number of amides is 1. The minimum Gasteiger partial charge on any atom is -0.344 e. The van der Waals surface area contributed by atoms with Gasteiger partial charge in [0.1, 0.15) is 6.04 Å². The Morgan fingerprint density at radius 3 is 2.57 bits per heavy atom. The molecule has 1 aromatic rings. The van der Waals surface area contributed by atoms with Crippen LogP contribution in [0.15, 0.2) is 4.79 Å². The number of likely N-dealkylation sites (N-methyl/N-ethyl adjacent to an activating group) is 1. The quantitative estimate of drug-likeness (QED) is 0.627. The van der Waals surface area contributed by atoms with Gasteiger partial charge in [0.05, 0.1) is 0 Å². The van der Waals surface area contributed by atoms with Gasteiger partial charge in [-0.1, -0.05) is 0 Å². The van der Waals surface area contributed by atoms with E-state index in [-0.39, 0.29) is 16.4 Å². The van der Waals surface area contributed by atoms with Gasteiger partial charge in [0.15, 0.2) is 4.77 Å². The van der Waals surface area contributed by atoms with E-state index in [0.717, 1.165) is 0 Å². The highest BCUT2D eigenvalue weighted by atomic mass is 32.1. The van der Waals surface area contributed by atoms with E-state index in [9.17, 15) is 9.59 Å². The standard InChI is InChI=1S/C7H10N4O2S/c1-10-3-2-4(5(10)12)11-6(13)8-9-7(11)14/h4H,2-3H2,1H3,(H,8,13)(H,9,14). The lowest BCUT2D eigenvalue weighted by molar-refractivity contribution is -0.129. The van der Waals surface area contributed by atoms with Crippen LogP contribution in [0.4, 0.5) is 0 Å². The molecule has 0 bridgehead atoms. The molecule has 0 aromatic carbocycles. The van der Waals surface area contributed by atoms with E-state index in [1.54, 1.807) is 11.9 Å². The molecule has 1 amide bonds. The maximum Gasteiger partial charge on any atom is 0.343 e. The Balaban J connectivity index is 2.47. The fourth-order valence-corrected chi connectivity index (χ4v) is 1.91. The van der Waals surface area contributed by atoms with E-state index < -0.39 is 6.04 Å². The first-order valence-corrected chi connectivity index (χ1v) is 4.66. The van der Waals surface area contributed by atoms with Crippen molar-refractivity contribution in [1.29, 1.82) is 0 Å². The van der Waals surface area contributed by atoms with E-state index in [4.69, 9.17) is 12.2 Å². The molecule has 0 aliphatic carbocycles. The molecule has 76 valence electrons. The van der Waals surface area contributed by atoms with Crippen LogP contribution in [0.2, 0.25) is 0 Å². The molecular weight excluding hydrogens is 204 g/mol. The monoisotopic (exact) mass is 214 g/mol. The van der Waals surface area contributed by atoms with Gasteiger partial charge < -0.3 is 4.90 Å². The third kappa shape index (κ3) is 1.20. The number of aromatic amines is 2. The number of nitrogens with one attached hydrogen (secondary N) is 2. The first kappa shape index (κ1) is 9.20. The zero-order valence-corrected chi connectivity index (χ0v) is 8.43. The second-order valence-electron chi connectivity index (χ2n) is 3.29. The first-order valence-electron chi connectivity index (χ1n) is 4.25. The number of aromatic nitrogens is 3. The van der Waals surface area contributed by atoms with Gasteiger partial charge in [-0.2, -0.15) is 0 Å². The topological polar surface area (TPSA) is 73.9 Å². The van der Waals surface area contributed by atoms with Crippen LogP contribution in [0.3, 0.4) is 0 Å². The number of carbonyl (C=O) groups excluding carboxylic acids is 1. The van der Waals surface area contributed by atoms with Crippen molar-refractivity contribution in [2.45, 2.75) is 12.5 Å². The third-order valence-corrected chi connectivity index (χ3v) is 2.72. The molecule has 1 aliphatic heterocycles. The summed E-state index contributed by atoms with van der Waals surface area (Å²) in [4.78, 5) is 24.5. The molecule has 14 heavy (non-hydrogen) atoms. The van der Waals surface area contributed by atoms with Gasteiger partial charge in [-0.05, 0) is 18.6 Å². The maximum atomic E-state index is 11.6. The Morgan fingerprint density at radius 1 is 1.43 bits per heavy atom. The SMILES string of the molecule is CN1CCC(n2c(=O)[nH][nH]c2=S)C1=O. The van der Waals surface area contributed by atoms with Crippen LogP contribution in [0, 0.1) is 4.77 Å². The van der Waals surface area contributed by atoms with E-state index >= 15 is 0 Å². The Bertz CT molecular complexity index is 443. The molecule has 1 fully saturated rings. The van der Waals surface area contributed by atoms with Crippen LogP contribution >= 0.6 is 12.2 Å². The average Bonchev–Trinajstić information content (AvgIpc) is 2.62. The van der Waals surface area contributed by atoms with Crippen LogP contribution in [0.25, 0.3) is 0 Å². The van der Waals surface area contributed by atoms with E-state index in [2.05, 4.69) is 10.2 Å². The molecule has 7 heteroatoms. The van der Waals surface area contributed by atoms with Crippen LogP contribution in [0.1, 0.15) is 12.5 Å². The summed E-state index contributed by atoms with van der Waals surface area (Å²) in [5, 5.41) is 4.88. The number of nitrogens with zero attached hydrogens (tertiary/aromatic N) is 2. The third-order valence-electron chi connectivity index (χ3n) is 2.42. The molecule has 0 saturated carbocycles. The van der Waals surface area contributed by atoms with Gasteiger partial charge in [0, 0.05) is 13.6 Å². The summed E-state index contributed by atoms with van der Waals surface area (Å²) in [6.45, 7) is 0.663. The van der Waals surface area contributed by atoms with Crippen molar-refractivity contribution in [3.63, 3.8) is 0 Å². The second-order valence-corrected chi connectivity index (χ2v) is 3.68. The van der Waals surface area contributed by atoms with Gasteiger partial charge in [0.25, 0.3) is 0 Å². The molecule has 2 rings (SSSR count). The molecule has 2 heterocycles. The minimum atomic E-state index is -0.442. The van der Waals surface area contributed by atoms with Gasteiger partial charge in [-0.15, -0.1) is 0 Å². The zero-order chi connectivity index (χ0) is 10.3. The lowest BCUT2D eigenvalue weighted by Gasteiger charge is -2.09. The smallest absolute Gasteiger partial charge is 0.343 e. The number of likely N-dealkylation sites (tertiary alicyclic amines) is 1. The van der Waals surface area contributed by atoms with Crippen LogP contribution in [-0.4, -0.2) is 39.2 Å². The first-order chi connectivity index (χ1) is 6.61. The van der Waals surface area contributed by atoms with E-state index in [0.29, 0.717) is 13.0 Å². The van der Waals surface area contributed by atoms with Crippen LogP contribution in [-0.2, 0) is 4.79 Å². The summed E-state index contributed by atoms with van der Waals surface area (Å²) >= 11 is 4.91. The van der Waals surface area contributed by atoms with Crippen molar-refractivity contribution in [1.82, 2.24) is 19.7 Å². The fraction of sp³-hybridized carbons (Fsp3) is 0.571. The van der Waals surface area contributed by atoms with Crippen molar-refractivity contribution >= 4 is 18.1 Å². The highest BCUT2D eigenvalue weighted by Crippen LogP contribution is 2.19. The molecular formula is C7H10N4O2S. The normalized spacial score (nSPS) is 21.9. The summed E-state index contributed by atoms with van der Waals surface area (Å²) < 4.78 is 1.56. The molecule has 1 atom stereocenters. The fourth-order valence-electron chi connectivity index (χ4n) is 1.65. The molecule has 1 unspecified atom stereocenters. The highest BCUT2D eigenvalue weighted by Gasteiger charge is 2.32. The maximum absolute atomic E-state index is 11.6. The molecule has 0 radical (unpaired) electrons. The number of hydrogen-bond donors (Lipinski definition) is 2. The Morgan fingerprint density at radius 2 is 2.14 bits per heavy atom. The van der Waals surface area contributed by atoms with Crippen LogP contribution < -0.4 is 5.69 Å². The second kappa shape index (κ2) is 3.09. The van der Waals surface area contributed by atoms with Crippen LogP contribution in [0.5, 0.6) is 0 Å². The lowest BCUT2D eigenvalue weighted by Crippen LogP contribution is -2.29. The largest absolute Gasteiger partial charge is 0.344 e. The number of hydrogen-bond acceptors (Lipinski definition) is 3. The Hall–Kier alpha value is -1.37. The van der Waals surface area contributed by atoms with Crippen molar-refractivity contribution in [2.75, 3.05) is 13.6 Å². The summed E-state index contributed by atoms with van der Waals surface area (Å²) in [6.07, 6.45) is 0.630. The van der Waals surface area contributed by atoms with E-state index in [1.165, 1.54) is 4.57 Å². The summed E-state index contributed by atoms with van der Waals surface area (Å²) in [6, 6.07) is -0.442. The number of rotatable bonds is 1. The highest BCUT2D eigenvalue weighted by molar-refractivity contribution is 7.71. The van der Waals surface area contributed by atoms with Gasteiger partial charge in [-0.25, -0.2) is 9.89 Å². The molecule has 1 aliphatic rings. The Kier molecular flexibility index (Phi) is 2.03. The summed E-state index contributed by atoms with van der Waals surface area (Å²) in [7, 11) is 1.72. The van der Waals surface area contributed by atoms with E-state index in [1.807, 2.05) is 0 Å². The summed E-state index contributed by atoms with van der Waals surface area (Å²) in [5.74, 6) is -0.0637. The number of H-pyrrole nitrogens is 2. The Labute approximate surface area is 84.5 Å². The van der Waals surface area contributed by atoms with Crippen molar-refractivity contribution in [2.24, 2.45) is 0 Å². The molecule has 2 N–H and O–H groups in total. The predicted octanol–water partition coefficient (Wildman–Crippen LogP) is -0.363. The average molecular weight is 214 g/mol. The predicted molar refractivity (Wildman–Crippen MR) is 51.5 cm³/mol. The number of carbonyl (C=O) groups is 1. The lowest BCUT2D eigenvalue weighted by atomic mass is 10.2. The molecule has 1 aromatic heterocycles. The summed E-state index contributed by atoms with van der Waals surface area (Å²) in [5.41, 5.74) is -0.358. The van der Waals surface area contributed by atoms with Gasteiger partial charge in [-0.3, -0.25) is 14.5 Å². The van der Waals surface area contributed by atoms with Crippen molar-refractivity contribution in [3.8, 4) is 0 Å². The molecule has 0 spiro atoms. The van der Waals surface area contributed by atoms with Gasteiger partial charge in [0.2, 0.25) is 5.91 Å².